The number of anilines is 1. The molecule has 2 aromatic carbocycles. The first-order valence-electron chi connectivity index (χ1n) is 5.12. The molecule has 0 aromatic heterocycles. The Kier molecular flexibility index (Phi) is 3.89. The van der Waals surface area contributed by atoms with Crippen LogP contribution in [0, 0.1) is 5.82 Å². The lowest BCUT2D eigenvalue weighted by Crippen LogP contribution is -2.12. The zero-order valence-corrected chi connectivity index (χ0v) is 10.8. The number of halogens is 2. The Balaban J connectivity index is 2.18. The number of rotatable bonds is 2. The minimum absolute atomic E-state index is 0.161. The fraction of sp³-hybridized carbons (Fsp3) is 0. The molecule has 0 heterocycles. The highest BCUT2D eigenvalue weighted by Crippen LogP contribution is 2.23. The molecule has 1 N–H and O–H groups in total. The van der Waals surface area contributed by atoms with E-state index in [0.717, 1.165) is 11.0 Å². The standard InChI is InChI=1S/C13H9ClFNOS/c14-11-7-9(15)3-6-12(11)16-13(17)8-1-4-10(18)5-2-8/h1-7,18H,(H,16,17). The molecule has 0 aliphatic carbocycles. The average molecular weight is 282 g/mol. The van der Waals surface area contributed by atoms with Gasteiger partial charge in [-0.3, -0.25) is 4.79 Å². The van der Waals surface area contributed by atoms with E-state index in [-0.39, 0.29) is 10.9 Å². The highest BCUT2D eigenvalue weighted by atomic mass is 35.5. The van der Waals surface area contributed by atoms with Crippen molar-refractivity contribution in [1.29, 1.82) is 0 Å². The van der Waals surface area contributed by atoms with E-state index in [2.05, 4.69) is 17.9 Å². The van der Waals surface area contributed by atoms with E-state index in [1.54, 1.807) is 24.3 Å². The Bertz CT molecular complexity index is 586. The third kappa shape index (κ3) is 3.03. The van der Waals surface area contributed by atoms with Crippen molar-refractivity contribution in [3.63, 3.8) is 0 Å². The first kappa shape index (κ1) is 12.9. The second kappa shape index (κ2) is 5.42. The monoisotopic (exact) mass is 281 g/mol. The van der Waals surface area contributed by atoms with Gasteiger partial charge >= 0.3 is 0 Å². The Morgan fingerprint density at radius 3 is 2.44 bits per heavy atom. The van der Waals surface area contributed by atoms with Crippen LogP contribution < -0.4 is 5.32 Å². The summed E-state index contributed by atoms with van der Waals surface area (Å²) in [6.07, 6.45) is 0. The van der Waals surface area contributed by atoms with Crippen molar-refractivity contribution in [2.24, 2.45) is 0 Å². The minimum atomic E-state index is -0.447. The van der Waals surface area contributed by atoms with E-state index < -0.39 is 5.82 Å². The third-order valence-corrected chi connectivity index (χ3v) is 2.92. The van der Waals surface area contributed by atoms with Crippen molar-refractivity contribution in [2.75, 3.05) is 5.32 Å². The molecule has 0 saturated heterocycles. The fourth-order valence-corrected chi connectivity index (χ4v) is 1.76. The van der Waals surface area contributed by atoms with Gasteiger partial charge in [-0.1, -0.05) is 11.6 Å². The lowest BCUT2D eigenvalue weighted by molar-refractivity contribution is 0.102. The highest BCUT2D eigenvalue weighted by Gasteiger charge is 2.08. The first-order valence-corrected chi connectivity index (χ1v) is 5.94. The molecule has 1 amide bonds. The van der Waals surface area contributed by atoms with Crippen LogP contribution in [0.1, 0.15) is 10.4 Å². The van der Waals surface area contributed by atoms with Crippen molar-refractivity contribution in [3.05, 3.63) is 58.9 Å². The summed E-state index contributed by atoms with van der Waals surface area (Å²) < 4.78 is 12.8. The van der Waals surface area contributed by atoms with Crippen LogP contribution in [0.3, 0.4) is 0 Å². The first-order chi connectivity index (χ1) is 8.56. The SMILES string of the molecule is O=C(Nc1ccc(F)cc1Cl)c1ccc(S)cc1. The quantitative estimate of drug-likeness (QED) is 0.800. The van der Waals surface area contributed by atoms with Crippen LogP contribution in [-0.2, 0) is 0 Å². The van der Waals surface area contributed by atoms with E-state index >= 15 is 0 Å². The van der Waals surface area contributed by atoms with Crippen LogP contribution in [0.15, 0.2) is 47.4 Å². The number of thiol groups is 1. The van der Waals surface area contributed by atoms with Crippen LogP contribution in [0.5, 0.6) is 0 Å². The molecule has 0 atom stereocenters. The van der Waals surface area contributed by atoms with Gasteiger partial charge in [0, 0.05) is 10.5 Å². The molecule has 2 aromatic rings. The number of carbonyl (C=O) groups excluding carboxylic acids is 1. The molecule has 0 radical (unpaired) electrons. The van der Waals surface area contributed by atoms with Gasteiger partial charge in [0.05, 0.1) is 10.7 Å². The maximum Gasteiger partial charge on any atom is 0.255 e. The van der Waals surface area contributed by atoms with Crippen molar-refractivity contribution >= 4 is 35.8 Å². The number of benzene rings is 2. The molecule has 18 heavy (non-hydrogen) atoms. The Hall–Kier alpha value is -1.52. The van der Waals surface area contributed by atoms with E-state index in [0.29, 0.717) is 11.3 Å². The Labute approximate surface area is 114 Å². The summed E-state index contributed by atoms with van der Waals surface area (Å²) in [5.41, 5.74) is 0.853. The van der Waals surface area contributed by atoms with Crippen LogP contribution >= 0.6 is 24.2 Å². The van der Waals surface area contributed by atoms with E-state index in [1.165, 1.54) is 12.1 Å². The van der Waals surface area contributed by atoms with E-state index in [1.807, 2.05) is 0 Å². The normalized spacial score (nSPS) is 10.2. The van der Waals surface area contributed by atoms with Gasteiger partial charge in [0.2, 0.25) is 0 Å². The van der Waals surface area contributed by atoms with Gasteiger partial charge in [-0.05, 0) is 42.5 Å². The molecule has 92 valence electrons. The topological polar surface area (TPSA) is 29.1 Å². The van der Waals surface area contributed by atoms with Crippen molar-refractivity contribution in [3.8, 4) is 0 Å². The fourth-order valence-electron chi connectivity index (χ4n) is 1.40. The lowest BCUT2D eigenvalue weighted by atomic mass is 10.2. The highest BCUT2D eigenvalue weighted by molar-refractivity contribution is 7.80. The van der Waals surface area contributed by atoms with Gasteiger partial charge < -0.3 is 5.32 Å². The van der Waals surface area contributed by atoms with E-state index in [4.69, 9.17) is 11.6 Å². The van der Waals surface area contributed by atoms with Crippen LogP contribution in [-0.4, -0.2) is 5.91 Å². The molecule has 2 rings (SSSR count). The smallest absolute Gasteiger partial charge is 0.255 e. The summed E-state index contributed by atoms with van der Waals surface area (Å²) in [6.45, 7) is 0. The summed E-state index contributed by atoms with van der Waals surface area (Å²) in [4.78, 5) is 12.6. The maximum absolute atomic E-state index is 12.8. The van der Waals surface area contributed by atoms with Gasteiger partial charge in [0.15, 0.2) is 0 Å². The number of amides is 1. The molecule has 0 saturated carbocycles. The van der Waals surface area contributed by atoms with Crippen molar-refractivity contribution in [1.82, 2.24) is 0 Å². The summed E-state index contributed by atoms with van der Waals surface area (Å²) in [6, 6.07) is 10.5. The van der Waals surface area contributed by atoms with Crippen molar-refractivity contribution < 1.29 is 9.18 Å². The molecule has 0 bridgehead atoms. The number of hydrogen-bond donors (Lipinski definition) is 2. The van der Waals surface area contributed by atoms with Gasteiger partial charge in [0.25, 0.3) is 5.91 Å². The predicted octanol–water partition coefficient (Wildman–Crippen LogP) is 4.02. The lowest BCUT2D eigenvalue weighted by Gasteiger charge is -2.07. The molecule has 0 aliphatic heterocycles. The summed E-state index contributed by atoms with van der Waals surface area (Å²) in [5, 5.41) is 2.77. The number of nitrogens with one attached hydrogen (secondary N) is 1. The van der Waals surface area contributed by atoms with Gasteiger partial charge in [0.1, 0.15) is 5.82 Å². The molecule has 5 heteroatoms. The molecular formula is C13H9ClFNOS. The second-order valence-corrected chi connectivity index (χ2v) is 4.55. The van der Waals surface area contributed by atoms with Crippen LogP contribution in [0.2, 0.25) is 5.02 Å². The zero-order valence-electron chi connectivity index (χ0n) is 9.15. The van der Waals surface area contributed by atoms with Gasteiger partial charge in [-0.25, -0.2) is 4.39 Å². The zero-order chi connectivity index (χ0) is 13.1. The maximum atomic E-state index is 12.8. The van der Waals surface area contributed by atoms with Crippen LogP contribution in [0.25, 0.3) is 0 Å². The van der Waals surface area contributed by atoms with Crippen LogP contribution in [0.4, 0.5) is 10.1 Å². The molecular weight excluding hydrogens is 273 g/mol. The third-order valence-electron chi connectivity index (χ3n) is 2.31. The van der Waals surface area contributed by atoms with Gasteiger partial charge in [-0.15, -0.1) is 12.6 Å². The van der Waals surface area contributed by atoms with Crippen molar-refractivity contribution in [2.45, 2.75) is 4.90 Å². The predicted molar refractivity (Wildman–Crippen MR) is 73.1 cm³/mol. The Morgan fingerprint density at radius 1 is 1.17 bits per heavy atom. The minimum Gasteiger partial charge on any atom is -0.321 e. The largest absolute Gasteiger partial charge is 0.321 e. The number of carbonyl (C=O) groups is 1. The Morgan fingerprint density at radius 2 is 1.83 bits per heavy atom. The summed E-state index contributed by atoms with van der Waals surface area (Å²) in [7, 11) is 0. The van der Waals surface area contributed by atoms with E-state index in [9.17, 15) is 9.18 Å². The molecule has 0 aliphatic rings. The molecule has 0 fully saturated rings. The molecule has 0 spiro atoms. The van der Waals surface area contributed by atoms with Gasteiger partial charge in [-0.2, -0.15) is 0 Å². The summed E-state index contributed by atoms with van der Waals surface area (Å²) in [5.74, 6) is -0.755. The second-order valence-electron chi connectivity index (χ2n) is 3.63. The molecule has 2 nitrogen and oxygen atoms in total. The number of hydrogen-bond acceptors (Lipinski definition) is 2. The molecule has 0 unspecified atom stereocenters. The summed E-state index contributed by atoms with van der Waals surface area (Å²) >= 11 is 9.95. The average Bonchev–Trinajstić information content (AvgIpc) is 2.33.